The third-order valence-electron chi connectivity index (χ3n) is 2.86. The van der Waals surface area contributed by atoms with Crippen LogP contribution in [-0.4, -0.2) is 9.97 Å². The molecule has 0 aliphatic heterocycles. The van der Waals surface area contributed by atoms with E-state index in [1.807, 2.05) is 32.0 Å². The van der Waals surface area contributed by atoms with Gasteiger partial charge in [0.2, 0.25) is 0 Å². The number of nitrogens with one attached hydrogen (secondary N) is 1. The Morgan fingerprint density at radius 3 is 2.41 bits per heavy atom. The molecule has 1 aromatic heterocycles. The summed E-state index contributed by atoms with van der Waals surface area (Å²) in [5, 5.41) is 3.35. The van der Waals surface area contributed by atoms with Gasteiger partial charge in [0.25, 0.3) is 0 Å². The maximum Gasteiger partial charge on any atom is 0.145 e. The number of rotatable bonds is 3. The van der Waals surface area contributed by atoms with Gasteiger partial charge in [0.05, 0.1) is 17.6 Å². The largest absolute Gasteiger partial charge is 0.362 e. The maximum atomic E-state index is 4.46. The van der Waals surface area contributed by atoms with E-state index in [2.05, 4.69) is 34.3 Å². The standard InChI is InChI=1S/C14H17N3/c1-10-11(2)16-14(9-15-10)17-12(3)13-7-5-4-6-8-13/h4-9,12H,1-3H3,(H,16,17). The van der Waals surface area contributed by atoms with Gasteiger partial charge in [0, 0.05) is 6.04 Å². The minimum atomic E-state index is 0.229. The lowest BCUT2D eigenvalue weighted by Gasteiger charge is -2.15. The molecular formula is C14H17N3. The lowest BCUT2D eigenvalue weighted by molar-refractivity contribution is 0.865. The molecule has 0 saturated carbocycles. The monoisotopic (exact) mass is 227 g/mol. The zero-order chi connectivity index (χ0) is 12.3. The van der Waals surface area contributed by atoms with E-state index in [9.17, 15) is 0 Å². The Morgan fingerprint density at radius 1 is 1.06 bits per heavy atom. The van der Waals surface area contributed by atoms with E-state index < -0.39 is 0 Å². The van der Waals surface area contributed by atoms with Crippen molar-refractivity contribution < 1.29 is 0 Å². The quantitative estimate of drug-likeness (QED) is 0.874. The molecule has 0 spiro atoms. The summed E-state index contributed by atoms with van der Waals surface area (Å²) in [6.45, 7) is 6.06. The summed E-state index contributed by atoms with van der Waals surface area (Å²) in [6, 6.07) is 10.5. The van der Waals surface area contributed by atoms with Gasteiger partial charge in [-0.25, -0.2) is 4.98 Å². The Labute approximate surface area is 102 Å². The number of aryl methyl sites for hydroxylation is 2. The van der Waals surface area contributed by atoms with Crippen LogP contribution in [0.5, 0.6) is 0 Å². The van der Waals surface area contributed by atoms with Gasteiger partial charge in [-0.3, -0.25) is 4.98 Å². The van der Waals surface area contributed by atoms with Gasteiger partial charge in [-0.15, -0.1) is 0 Å². The van der Waals surface area contributed by atoms with Crippen molar-refractivity contribution in [2.45, 2.75) is 26.8 Å². The fourth-order valence-corrected chi connectivity index (χ4v) is 1.66. The molecule has 0 fully saturated rings. The molecule has 17 heavy (non-hydrogen) atoms. The normalized spacial score (nSPS) is 12.2. The summed E-state index contributed by atoms with van der Waals surface area (Å²) in [5.41, 5.74) is 3.19. The topological polar surface area (TPSA) is 37.8 Å². The van der Waals surface area contributed by atoms with E-state index >= 15 is 0 Å². The van der Waals surface area contributed by atoms with Crippen LogP contribution in [0.2, 0.25) is 0 Å². The van der Waals surface area contributed by atoms with Crippen molar-refractivity contribution in [3.05, 3.63) is 53.5 Å². The average molecular weight is 227 g/mol. The molecule has 0 aliphatic carbocycles. The van der Waals surface area contributed by atoms with E-state index in [-0.39, 0.29) is 6.04 Å². The zero-order valence-electron chi connectivity index (χ0n) is 10.4. The predicted octanol–water partition coefficient (Wildman–Crippen LogP) is 3.27. The number of nitrogens with zero attached hydrogens (tertiary/aromatic N) is 2. The highest BCUT2D eigenvalue weighted by atomic mass is 15.0. The van der Waals surface area contributed by atoms with Crippen molar-refractivity contribution in [2.75, 3.05) is 5.32 Å². The first-order chi connectivity index (χ1) is 8.16. The van der Waals surface area contributed by atoms with Gasteiger partial charge in [0.15, 0.2) is 0 Å². The fourth-order valence-electron chi connectivity index (χ4n) is 1.66. The van der Waals surface area contributed by atoms with Crippen molar-refractivity contribution in [1.29, 1.82) is 0 Å². The van der Waals surface area contributed by atoms with Crippen LogP contribution in [0.1, 0.15) is 29.9 Å². The Morgan fingerprint density at radius 2 is 1.76 bits per heavy atom. The summed E-state index contributed by atoms with van der Waals surface area (Å²) in [5.74, 6) is 0.824. The second-order valence-electron chi connectivity index (χ2n) is 4.20. The van der Waals surface area contributed by atoms with Gasteiger partial charge in [-0.2, -0.15) is 0 Å². The first kappa shape index (κ1) is 11.6. The van der Waals surface area contributed by atoms with Crippen molar-refractivity contribution in [1.82, 2.24) is 9.97 Å². The Bertz CT molecular complexity index is 494. The highest BCUT2D eigenvalue weighted by Gasteiger charge is 2.06. The van der Waals surface area contributed by atoms with E-state index in [1.54, 1.807) is 6.20 Å². The zero-order valence-corrected chi connectivity index (χ0v) is 10.4. The van der Waals surface area contributed by atoms with Crippen LogP contribution in [0.4, 0.5) is 5.82 Å². The summed E-state index contributed by atoms with van der Waals surface area (Å²) in [6.07, 6.45) is 1.78. The summed E-state index contributed by atoms with van der Waals surface area (Å²) >= 11 is 0. The van der Waals surface area contributed by atoms with Gasteiger partial charge in [-0.1, -0.05) is 30.3 Å². The molecule has 0 aliphatic rings. The van der Waals surface area contributed by atoms with Crippen LogP contribution >= 0.6 is 0 Å². The molecule has 0 amide bonds. The summed E-state index contributed by atoms with van der Waals surface area (Å²) in [4.78, 5) is 8.76. The van der Waals surface area contributed by atoms with E-state index in [0.717, 1.165) is 17.2 Å². The van der Waals surface area contributed by atoms with Crippen molar-refractivity contribution in [3.63, 3.8) is 0 Å². The molecule has 1 heterocycles. The number of anilines is 1. The molecule has 0 bridgehead atoms. The van der Waals surface area contributed by atoms with Crippen LogP contribution in [0.3, 0.4) is 0 Å². The third-order valence-corrected chi connectivity index (χ3v) is 2.86. The molecule has 0 radical (unpaired) electrons. The van der Waals surface area contributed by atoms with Crippen LogP contribution in [0, 0.1) is 13.8 Å². The number of hydrogen-bond acceptors (Lipinski definition) is 3. The minimum absolute atomic E-state index is 0.229. The van der Waals surface area contributed by atoms with Gasteiger partial charge < -0.3 is 5.32 Å². The molecule has 2 aromatic rings. The summed E-state index contributed by atoms with van der Waals surface area (Å²) in [7, 11) is 0. The second-order valence-corrected chi connectivity index (χ2v) is 4.20. The number of aromatic nitrogens is 2. The molecular weight excluding hydrogens is 210 g/mol. The minimum Gasteiger partial charge on any atom is -0.362 e. The molecule has 1 aromatic carbocycles. The van der Waals surface area contributed by atoms with Crippen molar-refractivity contribution in [2.24, 2.45) is 0 Å². The molecule has 3 nitrogen and oxygen atoms in total. The highest BCUT2D eigenvalue weighted by molar-refractivity contribution is 5.37. The number of benzene rings is 1. The smallest absolute Gasteiger partial charge is 0.145 e. The first-order valence-electron chi connectivity index (χ1n) is 5.78. The summed E-state index contributed by atoms with van der Waals surface area (Å²) < 4.78 is 0. The lowest BCUT2D eigenvalue weighted by atomic mass is 10.1. The predicted molar refractivity (Wildman–Crippen MR) is 70.0 cm³/mol. The average Bonchev–Trinajstić information content (AvgIpc) is 2.35. The molecule has 0 saturated heterocycles. The van der Waals surface area contributed by atoms with Crippen molar-refractivity contribution in [3.8, 4) is 0 Å². The molecule has 1 N–H and O–H groups in total. The van der Waals surface area contributed by atoms with Gasteiger partial charge in [0.1, 0.15) is 5.82 Å². The van der Waals surface area contributed by atoms with Crippen LogP contribution < -0.4 is 5.32 Å². The van der Waals surface area contributed by atoms with E-state index in [0.29, 0.717) is 0 Å². The van der Waals surface area contributed by atoms with Crippen molar-refractivity contribution >= 4 is 5.82 Å². The Kier molecular flexibility index (Phi) is 3.38. The van der Waals surface area contributed by atoms with Crippen LogP contribution in [0.15, 0.2) is 36.5 Å². The lowest BCUT2D eigenvalue weighted by Crippen LogP contribution is -2.09. The molecule has 3 heteroatoms. The maximum absolute atomic E-state index is 4.46. The van der Waals surface area contributed by atoms with Gasteiger partial charge >= 0.3 is 0 Å². The highest BCUT2D eigenvalue weighted by Crippen LogP contribution is 2.17. The molecule has 2 rings (SSSR count). The Hall–Kier alpha value is -1.90. The Balaban J connectivity index is 2.13. The van der Waals surface area contributed by atoms with E-state index in [4.69, 9.17) is 0 Å². The third kappa shape index (κ3) is 2.81. The molecule has 1 atom stereocenters. The number of hydrogen-bond donors (Lipinski definition) is 1. The SMILES string of the molecule is Cc1ncc(NC(C)c2ccccc2)nc1C. The van der Waals surface area contributed by atoms with E-state index in [1.165, 1.54) is 5.56 Å². The molecule has 1 unspecified atom stereocenters. The molecule has 88 valence electrons. The van der Waals surface area contributed by atoms with Crippen LogP contribution in [-0.2, 0) is 0 Å². The van der Waals surface area contributed by atoms with Crippen LogP contribution in [0.25, 0.3) is 0 Å². The fraction of sp³-hybridized carbons (Fsp3) is 0.286. The second kappa shape index (κ2) is 4.95. The first-order valence-corrected chi connectivity index (χ1v) is 5.78. The van der Waals surface area contributed by atoms with Gasteiger partial charge in [-0.05, 0) is 26.3 Å².